The van der Waals surface area contributed by atoms with Gasteiger partial charge in [-0.2, -0.15) is 0 Å². The summed E-state index contributed by atoms with van der Waals surface area (Å²) in [5.41, 5.74) is 7.38. The van der Waals surface area contributed by atoms with Crippen LogP contribution in [0.1, 0.15) is 24.8 Å². The lowest BCUT2D eigenvalue weighted by molar-refractivity contribution is 0.479. The molecular weight excluding hydrogens is 264 g/mol. The minimum Gasteiger partial charge on any atom is -0.326 e. The molecule has 2 rings (SSSR count). The van der Waals surface area contributed by atoms with Crippen LogP contribution in [-0.2, 0) is 6.42 Å². The van der Waals surface area contributed by atoms with Crippen LogP contribution in [0.2, 0.25) is 0 Å². The smallest absolute Gasteiger partial charge is 0.0219 e. The maximum absolute atomic E-state index is 6.01. The van der Waals surface area contributed by atoms with E-state index >= 15 is 0 Å². The summed E-state index contributed by atoms with van der Waals surface area (Å²) in [7, 11) is 0. The first kappa shape index (κ1) is 12.1. The average molecular weight is 283 g/mol. The van der Waals surface area contributed by atoms with E-state index in [0.29, 0.717) is 12.1 Å². The van der Waals surface area contributed by atoms with Gasteiger partial charge in [0.2, 0.25) is 0 Å². The van der Waals surface area contributed by atoms with Crippen molar-refractivity contribution in [1.82, 2.24) is 5.32 Å². The van der Waals surface area contributed by atoms with E-state index in [0.717, 1.165) is 17.4 Å². The Morgan fingerprint density at radius 3 is 2.94 bits per heavy atom. The van der Waals surface area contributed by atoms with Crippen molar-refractivity contribution in [1.29, 1.82) is 0 Å². The van der Waals surface area contributed by atoms with E-state index in [1.165, 1.54) is 24.8 Å². The van der Waals surface area contributed by atoms with Crippen molar-refractivity contribution >= 4 is 15.9 Å². The molecule has 0 amide bonds. The zero-order valence-corrected chi connectivity index (χ0v) is 11.0. The lowest BCUT2D eigenvalue weighted by Gasteiger charge is -2.17. The third-order valence-corrected chi connectivity index (χ3v) is 3.77. The van der Waals surface area contributed by atoms with Gasteiger partial charge in [0.05, 0.1) is 0 Å². The van der Waals surface area contributed by atoms with Gasteiger partial charge in [-0.15, -0.1) is 0 Å². The Hall–Kier alpha value is -0.380. The van der Waals surface area contributed by atoms with Gasteiger partial charge in [0.25, 0.3) is 0 Å². The summed E-state index contributed by atoms with van der Waals surface area (Å²) in [6.07, 6.45) is 4.76. The first-order valence-corrected chi connectivity index (χ1v) is 6.78. The molecule has 2 nitrogen and oxygen atoms in total. The maximum Gasteiger partial charge on any atom is 0.0219 e. The molecule has 1 aliphatic rings. The Balaban J connectivity index is 1.75. The quantitative estimate of drug-likeness (QED) is 0.891. The van der Waals surface area contributed by atoms with E-state index < -0.39 is 0 Å². The number of halogens is 1. The summed E-state index contributed by atoms with van der Waals surface area (Å²) in [5, 5.41) is 3.56. The standard InChI is InChI=1S/C13H19BrN2/c14-11-4-1-3-10(9-11)7-8-16-13-6-2-5-12(13)15/h1,3-4,9,12-13,16H,2,5-8,15H2. The van der Waals surface area contributed by atoms with Gasteiger partial charge in [0.15, 0.2) is 0 Å². The van der Waals surface area contributed by atoms with Crippen LogP contribution >= 0.6 is 15.9 Å². The van der Waals surface area contributed by atoms with Crippen molar-refractivity contribution in [2.75, 3.05) is 6.54 Å². The van der Waals surface area contributed by atoms with E-state index in [1.54, 1.807) is 0 Å². The normalized spacial score (nSPS) is 24.9. The lowest BCUT2D eigenvalue weighted by atomic mass is 10.1. The molecule has 2 atom stereocenters. The highest BCUT2D eigenvalue weighted by Gasteiger charge is 2.22. The van der Waals surface area contributed by atoms with Crippen LogP contribution in [0.5, 0.6) is 0 Å². The fourth-order valence-corrected chi connectivity index (χ4v) is 2.78. The van der Waals surface area contributed by atoms with Gasteiger partial charge in [-0.25, -0.2) is 0 Å². The first-order chi connectivity index (χ1) is 7.75. The Morgan fingerprint density at radius 1 is 1.38 bits per heavy atom. The fraction of sp³-hybridized carbons (Fsp3) is 0.538. The topological polar surface area (TPSA) is 38.0 Å². The summed E-state index contributed by atoms with van der Waals surface area (Å²) in [6, 6.07) is 9.39. The minimum atomic E-state index is 0.363. The number of benzene rings is 1. The average Bonchev–Trinajstić information content (AvgIpc) is 2.65. The van der Waals surface area contributed by atoms with Crippen LogP contribution < -0.4 is 11.1 Å². The second-order valence-electron chi connectivity index (χ2n) is 4.54. The van der Waals surface area contributed by atoms with Gasteiger partial charge in [0, 0.05) is 16.6 Å². The minimum absolute atomic E-state index is 0.363. The van der Waals surface area contributed by atoms with Crippen LogP contribution in [0.4, 0.5) is 0 Å². The third kappa shape index (κ3) is 3.30. The van der Waals surface area contributed by atoms with Gasteiger partial charge in [0.1, 0.15) is 0 Å². The molecule has 0 radical (unpaired) electrons. The number of rotatable bonds is 4. The molecule has 0 aliphatic heterocycles. The van der Waals surface area contributed by atoms with Crippen molar-refractivity contribution in [3.8, 4) is 0 Å². The molecule has 3 N–H and O–H groups in total. The van der Waals surface area contributed by atoms with Crippen LogP contribution in [0.25, 0.3) is 0 Å². The van der Waals surface area contributed by atoms with Gasteiger partial charge < -0.3 is 11.1 Å². The van der Waals surface area contributed by atoms with Crippen molar-refractivity contribution in [3.05, 3.63) is 34.3 Å². The lowest BCUT2D eigenvalue weighted by Crippen LogP contribution is -2.41. The molecule has 1 aliphatic carbocycles. The van der Waals surface area contributed by atoms with Gasteiger partial charge >= 0.3 is 0 Å². The van der Waals surface area contributed by atoms with Crippen LogP contribution in [0.3, 0.4) is 0 Å². The molecule has 88 valence electrons. The van der Waals surface area contributed by atoms with Gasteiger partial charge in [-0.3, -0.25) is 0 Å². The van der Waals surface area contributed by atoms with E-state index in [-0.39, 0.29) is 0 Å². The summed E-state index contributed by atoms with van der Waals surface area (Å²) in [5.74, 6) is 0. The highest BCUT2D eigenvalue weighted by molar-refractivity contribution is 9.10. The van der Waals surface area contributed by atoms with E-state index in [1.807, 2.05) is 0 Å². The molecule has 16 heavy (non-hydrogen) atoms. The summed E-state index contributed by atoms with van der Waals surface area (Å²) >= 11 is 3.49. The molecule has 1 fully saturated rings. The van der Waals surface area contributed by atoms with Crippen molar-refractivity contribution in [3.63, 3.8) is 0 Å². The number of nitrogens with one attached hydrogen (secondary N) is 1. The predicted molar refractivity (Wildman–Crippen MR) is 71.5 cm³/mol. The van der Waals surface area contributed by atoms with Gasteiger partial charge in [-0.1, -0.05) is 34.5 Å². The van der Waals surface area contributed by atoms with Crippen LogP contribution in [0.15, 0.2) is 28.7 Å². The molecule has 3 heteroatoms. The predicted octanol–water partition coefficient (Wildman–Crippen LogP) is 2.46. The zero-order chi connectivity index (χ0) is 11.4. The monoisotopic (exact) mass is 282 g/mol. The van der Waals surface area contributed by atoms with Crippen molar-refractivity contribution in [2.45, 2.75) is 37.8 Å². The molecule has 1 saturated carbocycles. The Labute approximate surface area is 106 Å². The molecule has 0 heterocycles. The fourth-order valence-electron chi connectivity index (χ4n) is 2.34. The number of hydrogen-bond donors (Lipinski definition) is 2. The van der Waals surface area contributed by atoms with Crippen molar-refractivity contribution < 1.29 is 0 Å². The highest BCUT2D eigenvalue weighted by Crippen LogP contribution is 2.17. The van der Waals surface area contributed by atoms with E-state index in [9.17, 15) is 0 Å². The SMILES string of the molecule is NC1CCCC1NCCc1cccc(Br)c1. The molecule has 0 spiro atoms. The second kappa shape index (κ2) is 5.80. The van der Waals surface area contributed by atoms with Crippen molar-refractivity contribution in [2.24, 2.45) is 5.73 Å². The molecule has 1 aromatic carbocycles. The number of nitrogens with two attached hydrogens (primary N) is 1. The summed E-state index contributed by atoms with van der Waals surface area (Å²) < 4.78 is 1.16. The molecule has 0 aromatic heterocycles. The maximum atomic E-state index is 6.01. The molecule has 0 bridgehead atoms. The molecule has 0 saturated heterocycles. The highest BCUT2D eigenvalue weighted by atomic mass is 79.9. The van der Waals surface area contributed by atoms with Crippen LogP contribution in [-0.4, -0.2) is 18.6 Å². The van der Waals surface area contributed by atoms with Gasteiger partial charge in [-0.05, 0) is 43.5 Å². The summed E-state index contributed by atoms with van der Waals surface area (Å²) in [6.45, 7) is 1.02. The molecular formula is C13H19BrN2. The first-order valence-electron chi connectivity index (χ1n) is 5.99. The van der Waals surface area contributed by atoms with Crippen LogP contribution in [0, 0.1) is 0 Å². The molecule has 2 unspecified atom stereocenters. The number of hydrogen-bond acceptors (Lipinski definition) is 2. The Morgan fingerprint density at radius 2 is 2.25 bits per heavy atom. The summed E-state index contributed by atoms with van der Waals surface area (Å²) in [4.78, 5) is 0. The van der Waals surface area contributed by atoms with E-state index in [4.69, 9.17) is 5.73 Å². The Bertz CT molecular complexity index is 340. The van der Waals surface area contributed by atoms with E-state index in [2.05, 4.69) is 45.5 Å². The second-order valence-corrected chi connectivity index (χ2v) is 5.45. The largest absolute Gasteiger partial charge is 0.326 e. The third-order valence-electron chi connectivity index (χ3n) is 3.28. The molecule has 1 aromatic rings. The Kier molecular flexibility index (Phi) is 4.38. The zero-order valence-electron chi connectivity index (χ0n) is 9.45.